The van der Waals surface area contributed by atoms with Gasteiger partial charge in [0, 0.05) is 17.5 Å². The third-order valence-corrected chi connectivity index (χ3v) is 2.26. The number of hydrogen-bond acceptors (Lipinski definition) is 4. The van der Waals surface area contributed by atoms with E-state index in [9.17, 15) is 9.59 Å². The summed E-state index contributed by atoms with van der Waals surface area (Å²) in [4.78, 5) is 21.6. The summed E-state index contributed by atoms with van der Waals surface area (Å²) in [5, 5.41) is 17.7. The van der Waals surface area contributed by atoms with Crippen LogP contribution >= 0.6 is 0 Å². The lowest BCUT2D eigenvalue weighted by Gasteiger charge is -1.98. The van der Waals surface area contributed by atoms with Crippen molar-refractivity contribution in [3.8, 4) is 0 Å². The monoisotopic (exact) mass is 236 g/mol. The first-order valence-corrected chi connectivity index (χ1v) is 4.69. The fourth-order valence-corrected chi connectivity index (χ4v) is 1.53. The lowest BCUT2D eigenvalue weighted by molar-refractivity contribution is 0.0653. The zero-order chi connectivity index (χ0) is 12.4. The predicted molar refractivity (Wildman–Crippen MR) is 54.1 cm³/mol. The molecule has 0 aliphatic heterocycles. The number of rotatable bonds is 4. The third-order valence-electron chi connectivity index (χ3n) is 2.26. The van der Waals surface area contributed by atoms with Gasteiger partial charge in [-0.1, -0.05) is 0 Å². The third kappa shape index (κ3) is 2.05. The van der Waals surface area contributed by atoms with Crippen LogP contribution in [0, 0.1) is 0 Å². The fraction of sp³-hybridized carbons (Fsp3) is 0.0909. The summed E-state index contributed by atoms with van der Waals surface area (Å²) >= 11 is 0. The van der Waals surface area contributed by atoms with Crippen LogP contribution in [0.4, 0.5) is 0 Å². The highest BCUT2D eigenvalue weighted by molar-refractivity contribution is 5.88. The van der Waals surface area contributed by atoms with Crippen molar-refractivity contribution in [2.45, 2.75) is 6.42 Å². The van der Waals surface area contributed by atoms with Crippen LogP contribution in [0.15, 0.2) is 33.5 Å². The molecule has 0 aliphatic rings. The van der Waals surface area contributed by atoms with Gasteiger partial charge in [-0.15, -0.1) is 0 Å². The quantitative estimate of drug-likeness (QED) is 0.840. The molecule has 0 radical (unpaired) electrons. The van der Waals surface area contributed by atoms with Gasteiger partial charge in [0.1, 0.15) is 0 Å². The average Bonchev–Trinajstić information content (AvgIpc) is 2.86. The molecule has 0 saturated heterocycles. The van der Waals surface area contributed by atoms with E-state index >= 15 is 0 Å². The van der Waals surface area contributed by atoms with Crippen molar-refractivity contribution in [3.05, 3.63) is 47.3 Å². The number of carboxylic acid groups (broad SMARTS) is 2. The summed E-state index contributed by atoms with van der Waals surface area (Å²) < 4.78 is 9.60. The van der Waals surface area contributed by atoms with E-state index in [0.717, 1.165) is 0 Å². The van der Waals surface area contributed by atoms with Gasteiger partial charge in [-0.25, -0.2) is 9.59 Å². The van der Waals surface area contributed by atoms with E-state index in [1.807, 2.05) is 0 Å². The van der Waals surface area contributed by atoms with E-state index in [0.29, 0.717) is 11.1 Å². The molecule has 0 atom stereocenters. The summed E-state index contributed by atoms with van der Waals surface area (Å²) in [6.07, 6.45) is 2.63. The Hall–Kier alpha value is -2.50. The van der Waals surface area contributed by atoms with Crippen molar-refractivity contribution in [3.63, 3.8) is 0 Å². The predicted octanol–water partition coefficient (Wildman–Crippen LogP) is 1.86. The maximum absolute atomic E-state index is 10.8. The Kier molecular flexibility index (Phi) is 2.70. The van der Waals surface area contributed by atoms with E-state index in [2.05, 4.69) is 0 Å². The highest BCUT2D eigenvalue weighted by Gasteiger charge is 2.19. The number of aromatic carboxylic acids is 2. The van der Waals surface area contributed by atoms with E-state index in [1.54, 1.807) is 0 Å². The molecule has 2 aromatic heterocycles. The summed E-state index contributed by atoms with van der Waals surface area (Å²) in [5.41, 5.74) is 0.808. The van der Waals surface area contributed by atoms with Crippen molar-refractivity contribution in [2.24, 2.45) is 0 Å². The molecule has 0 spiro atoms. The molecule has 2 heterocycles. The van der Waals surface area contributed by atoms with E-state index in [1.165, 1.54) is 24.7 Å². The van der Waals surface area contributed by atoms with Crippen LogP contribution < -0.4 is 0 Å². The molecule has 0 unspecified atom stereocenters. The lowest BCUT2D eigenvalue weighted by atomic mass is 10.1. The van der Waals surface area contributed by atoms with Gasteiger partial charge < -0.3 is 19.0 Å². The van der Waals surface area contributed by atoms with Crippen LogP contribution in [0.2, 0.25) is 0 Å². The Balaban J connectivity index is 2.32. The van der Waals surface area contributed by atoms with Gasteiger partial charge in [0.15, 0.2) is 0 Å². The van der Waals surface area contributed by atoms with E-state index in [-0.39, 0.29) is 17.9 Å². The first kappa shape index (κ1) is 11.0. The largest absolute Gasteiger partial charge is 0.475 e. The van der Waals surface area contributed by atoms with Gasteiger partial charge in [-0.3, -0.25) is 0 Å². The highest BCUT2D eigenvalue weighted by Crippen LogP contribution is 2.19. The van der Waals surface area contributed by atoms with Crippen LogP contribution in [0.25, 0.3) is 0 Å². The van der Waals surface area contributed by atoms with Gasteiger partial charge in [0.25, 0.3) is 0 Å². The van der Waals surface area contributed by atoms with Crippen LogP contribution in [0.1, 0.15) is 32.2 Å². The van der Waals surface area contributed by atoms with Crippen molar-refractivity contribution in [1.29, 1.82) is 0 Å². The standard InChI is InChI=1S/C11H8O6/c12-10(13)8-6(1-3-16-8)5-7-2-4-17-9(7)11(14)15/h1-4H,5H2,(H,12,13)(H,14,15). The van der Waals surface area contributed by atoms with Gasteiger partial charge in [0.05, 0.1) is 12.5 Å². The topological polar surface area (TPSA) is 101 Å². The van der Waals surface area contributed by atoms with Gasteiger partial charge in [-0.05, 0) is 12.1 Å². The molecule has 17 heavy (non-hydrogen) atoms. The molecule has 0 saturated carbocycles. The number of hydrogen-bond donors (Lipinski definition) is 2. The molecule has 6 heteroatoms. The number of furan rings is 2. The van der Waals surface area contributed by atoms with Gasteiger partial charge >= 0.3 is 11.9 Å². The minimum atomic E-state index is -1.19. The Labute approximate surface area is 95.1 Å². The fourth-order valence-electron chi connectivity index (χ4n) is 1.53. The summed E-state index contributed by atoms with van der Waals surface area (Å²) in [6.45, 7) is 0. The summed E-state index contributed by atoms with van der Waals surface area (Å²) in [6, 6.07) is 2.98. The Morgan fingerprint density at radius 2 is 1.35 bits per heavy atom. The second-order valence-corrected chi connectivity index (χ2v) is 3.34. The van der Waals surface area contributed by atoms with Crippen molar-refractivity contribution >= 4 is 11.9 Å². The van der Waals surface area contributed by atoms with Crippen LogP contribution in [0.5, 0.6) is 0 Å². The number of carboxylic acids is 2. The van der Waals surface area contributed by atoms with Gasteiger partial charge in [-0.2, -0.15) is 0 Å². The summed E-state index contributed by atoms with van der Waals surface area (Å²) in [7, 11) is 0. The van der Waals surface area contributed by atoms with Crippen LogP contribution in [0.3, 0.4) is 0 Å². The van der Waals surface area contributed by atoms with Crippen molar-refractivity contribution < 1.29 is 28.6 Å². The first-order valence-electron chi connectivity index (χ1n) is 4.69. The zero-order valence-electron chi connectivity index (χ0n) is 8.54. The Bertz CT molecular complexity index is 512. The maximum Gasteiger partial charge on any atom is 0.372 e. The minimum Gasteiger partial charge on any atom is -0.475 e. The molecule has 6 nitrogen and oxygen atoms in total. The Morgan fingerprint density at radius 3 is 1.71 bits per heavy atom. The van der Waals surface area contributed by atoms with Crippen molar-refractivity contribution in [1.82, 2.24) is 0 Å². The molecule has 0 aliphatic carbocycles. The second kappa shape index (κ2) is 4.17. The second-order valence-electron chi connectivity index (χ2n) is 3.34. The number of carbonyl (C=O) groups is 2. The highest BCUT2D eigenvalue weighted by atomic mass is 16.4. The molecule has 2 rings (SSSR count). The zero-order valence-corrected chi connectivity index (χ0v) is 8.54. The SMILES string of the molecule is O=C(O)c1occc1Cc1ccoc1C(=O)O. The smallest absolute Gasteiger partial charge is 0.372 e. The summed E-state index contributed by atoms with van der Waals surface area (Å²) in [5.74, 6) is -2.76. The van der Waals surface area contributed by atoms with Crippen molar-refractivity contribution in [2.75, 3.05) is 0 Å². The maximum atomic E-state index is 10.8. The Morgan fingerprint density at radius 1 is 0.941 bits per heavy atom. The molecular weight excluding hydrogens is 228 g/mol. The molecule has 0 amide bonds. The first-order chi connectivity index (χ1) is 8.09. The molecule has 0 bridgehead atoms. The molecular formula is C11H8O6. The lowest BCUT2D eigenvalue weighted by Crippen LogP contribution is -2.02. The van der Waals surface area contributed by atoms with E-state index in [4.69, 9.17) is 19.0 Å². The molecule has 2 aromatic rings. The molecule has 0 fully saturated rings. The van der Waals surface area contributed by atoms with Crippen LogP contribution in [-0.2, 0) is 6.42 Å². The molecule has 0 aromatic carbocycles. The van der Waals surface area contributed by atoms with Gasteiger partial charge in [0.2, 0.25) is 11.5 Å². The van der Waals surface area contributed by atoms with E-state index < -0.39 is 11.9 Å². The molecule has 88 valence electrons. The minimum absolute atomic E-state index is 0.135. The normalized spacial score (nSPS) is 10.4. The van der Waals surface area contributed by atoms with Crippen LogP contribution in [-0.4, -0.2) is 22.2 Å². The molecule has 2 N–H and O–H groups in total. The average molecular weight is 236 g/mol.